The van der Waals surface area contributed by atoms with E-state index in [2.05, 4.69) is 17.1 Å². The van der Waals surface area contributed by atoms with E-state index >= 15 is 0 Å². The van der Waals surface area contributed by atoms with E-state index in [1.54, 1.807) is 11.8 Å². The van der Waals surface area contributed by atoms with Crippen molar-refractivity contribution in [1.29, 1.82) is 0 Å². The number of rotatable bonds is 3. The largest absolute Gasteiger partial charge is 0.341 e. The number of amides is 1. The Kier molecular flexibility index (Phi) is 3.99. The number of benzene rings is 1. The molecule has 1 saturated heterocycles. The smallest absolute Gasteiger partial charge is 0.233 e. The molecule has 4 rings (SSSR count). The zero-order valence-electron chi connectivity index (χ0n) is 13.0. The van der Waals surface area contributed by atoms with Crippen molar-refractivity contribution in [2.45, 2.75) is 23.9 Å². The van der Waals surface area contributed by atoms with E-state index in [-0.39, 0.29) is 11.9 Å². The monoisotopic (exact) mass is 327 g/mol. The lowest BCUT2D eigenvalue weighted by Crippen LogP contribution is -2.34. The summed E-state index contributed by atoms with van der Waals surface area (Å²) in [7, 11) is 0. The Balaban J connectivity index is 1.42. The zero-order chi connectivity index (χ0) is 15.8. The minimum Gasteiger partial charge on any atom is -0.341 e. The third kappa shape index (κ3) is 2.83. The standard InChI is InChI=1S/C18H21N3OS/c19-16-6-5-13-9-21(10-15(13)16)17(22)11-23-18-14-4-2-1-3-12(14)7-8-20-18/h1-4,7-8,13,15-16H,5-6,9-11,19H2. The molecule has 3 atom stereocenters. The van der Waals surface area contributed by atoms with Crippen molar-refractivity contribution in [3.05, 3.63) is 36.5 Å². The van der Waals surface area contributed by atoms with Gasteiger partial charge in [-0.3, -0.25) is 4.79 Å². The number of carbonyl (C=O) groups is 1. The normalized spacial score (nSPS) is 26.7. The van der Waals surface area contributed by atoms with Crippen LogP contribution < -0.4 is 5.73 Å². The number of hydrogen-bond acceptors (Lipinski definition) is 4. The molecular formula is C18H21N3OS. The van der Waals surface area contributed by atoms with Crippen molar-refractivity contribution in [2.24, 2.45) is 17.6 Å². The average molecular weight is 327 g/mol. The van der Waals surface area contributed by atoms with Crippen LogP contribution in [0.15, 0.2) is 41.6 Å². The number of carbonyl (C=O) groups excluding carboxylic acids is 1. The van der Waals surface area contributed by atoms with Gasteiger partial charge in [-0.05, 0) is 36.1 Å². The van der Waals surface area contributed by atoms with Crippen LogP contribution in [-0.2, 0) is 4.79 Å². The van der Waals surface area contributed by atoms with Gasteiger partial charge in [0.25, 0.3) is 0 Å². The van der Waals surface area contributed by atoms with E-state index in [4.69, 9.17) is 5.73 Å². The Morgan fingerprint density at radius 1 is 1.26 bits per heavy atom. The van der Waals surface area contributed by atoms with Gasteiger partial charge in [-0.2, -0.15) is 0 Å². The molecule has 3 unspecified atom stereocenters. The minimum atomic E-state index is 0.214. The fourth-order valence-electron chi connectivity index (χ4n) is 3.94. The zero-order valence-corrected chi connectivity index (χ0v) is 13.8. The maximum absolute atomic E-state index is 12.5. The summed E-state index contributed by atoms with van der Waals surface area (Å²) < 4.78 is 0. The molecule has 0 bridgehead atoms. The molecule has 2 N–H and O–H groups in total. The number of hydrogen-bond donors (Lipinski definition) is 1. The van der Waals surface area contributed by atoms with Crippen molar-refractivity contribution in [1.82, 2.24) is 9.88 Å². The number of likely N-dealkylation sites (tertiary alicyclic amines) is 1. The highest BCUT2D eigenvalue weighted by Crippen LogP contribution is 2.37. The van der Waals surface area contributed by atoms with Crippen LogP contribution >= 0.6 is 11.8 Å². The lowest BCUT2D eigenvalue weighted by atomic mass is 9.98. The second-order valence-electron chi connectivity index (χ2n) is 6.59. The fraction of sp³-hybridized carbons (Fsp3) is 0.444. The lowest BCUT2D eigenvalue weighted by Gasteiger charge is -2.18. The lowest BCUT2D eigenvalue weighted by molar-refractivity contribution is -0.127. The van der Waals surface area contributed by atoms with E-state index < -0.39 is 0 Å². The van der Waals surface area contributed by atoms with Crippen LogP contribution in [0.2, 0.25) is 0 Å². The molecule has 5 heteroatoms. The topological polar surface area (TPSA) is 59.2 Å². The van der Waals surface area contributed by atoms with Crippen molar-refractivity contribution in [3.63, 3.8) is 0 Å². The Morgan fingerprint density at radius 3 is 3.00 bits per heavy atom. The number of nitrogens with zero attached hydrogens (tertiary/aromatic N) is 2. The molecule has 0 spiro atoms. The van der Waals surface area contributed by atoms with Crippen molar-refractivity contribution < 1.29 is 4.79 Å². The van der Waals surface area contributed by atoms with E-state index in [0.717, 1.165) is 29.9 Å². The van der Waals surface area contributed by atoms with Gasteiger partial charge in [-0.15, -0.1) is 0 Å². The van der Waals surface area contributed by atoms with Gasteiger partial charge in [0.2, 0.25) is 5.91 Å². The Hall–Kier alpha value is -1.59. The summed E-state index contributed by atoms with van der Waals surface area (Å²) in [5, 5.41) is 3.22. The number of nitrogens with two attached hydrogens (primary N) is 1. The van der Waals surface area contributed by atoms with Gasteiger partial charge in [-0.1, -0.05) is 36.0 Å². The predicted octanol–water partition coefficient (Wildman–Crippen LogP) is 2.52. The van der Waals surface area contributed by atoms with Gasteiger partial charge < -0.3 is 10.6 Å². The minimum absolute atomic E-state index is 0.214. The van der Waals surface area contributed by atoms with Crippen LogP contribution in [0.5, 0.6) is 0 Å². The van der Waals surface area contributed by atoms with Gasteiger partial charge in [0.15, 0.2) is 0 Å². The van der Waals surface area contributed by atoms with Crippen LogP contribution in [-0.4, -0.2) is 40.7 Å². The van der Waals surface area contributed by atoms with E-state index in [1.165, 1.54) is 11.8 Å². The van der Waals surface area contributed by atoms with Crippen LogP contribution in [0.25, 0.3) is 10.8 Å². The van der Waals surface area contributed by atoms with Crippen LogP contribution in [0.3, 0.4) is 0 Å². The Morgan fingerprint density at radius 2 is 2.13 bits per heavy atom. The quantitative estimate of drug-likeness (QED) is 0.880. The van der Waals surface area contributed by atoms with E-state index in [0.29, 0.717) is 17.6 Å². The number of aromatic nitrogens is 1. The van der Waals surface area contributed by atoms with Crippen molar-refractivity contribution in [3.8, 4) is 0 Å². The van der Waals surface area contributed by atoms with Crippen molar-refractivity contribution >= 4 is 28.4 Å². The second-order valence-corrected chi connectivity index (χ2v) is 7.55. The first-order chi connectivity index (χ1) is 11.2. The molecule has 1 aromatic heterocycles. The summed E-state index contributed by atoms with van der Waals surface area (Å²) in [6, 6.07) is 10.5. The molecule has 2 aliphatic rings. The summed E-state index contributed by atoms with van der Waals surface area (Å²) in [6.07, 6.45) is 4.11. The third-order valence-electron chi connectivity index (χ3n) is 5.23. The summed E-state index contributed by atoms with van der Waals surface area (Å²) in [5.41, 5.74) is 6.16. The SMILES string of the molecule is NC1CCC2CN(C(=O)CSc3nccc4ccccc34)CC12. The summed E-state index contributed by atoms with van der Waals surface area (Å²) in [4.78, 5) is 19.0. The first kappa shape index (κ1) is 15.0. The van der Waals surface area contributed by atoms with Gasteiger partial charge in [0.1, 0.15) is 5.03 Å². The van der Waals surface area contributed by atoms with E-state index in [9.17, 15) is 4.79 Å². The summed E-state index contributed by atoms with van der Waals surface area (Å²) >= 11 is 1.54. The molecule has 2 fully saturated rings. The first-order valence-electron chi connectivity index (χ1n) is 8.22. The summed E-state index contributed by atoms with van der Waals surface area (Å²) in [6.45, 7) is 1.73. The van der Waals surface area contributed by atoms with Crippen LogP contribution in [0.1, 0.15) is 12.8 Å². The number of fused-ring (bicyclic) bond motifs is 2. The molecule has 2 aromatic rings. The molecule has 1 aromatic carbocycles. The third-order valence-corrected chi connectivity index (χ3v) is 6.22. The number of thioether (sulfide) groups is 1. The number of pyridine rings is 1. The molecule has 1 aliphatic heterocycles. The van der Waals surface area contributed by atoms with Gasteiger partial charge in [0, 0.05) is 30.7 Å². The van der Waals surface area contributed by atoms with Gasteiger partial charge in [0.05, 0.1) is 5.75 Å². The van der Waals surface area contributed by atoms with Crippen LogP contribution in [0.4, 0.5) is 0 Å². The van der Waals surface area contributed by atoms with Crippen LogP contribution in [0, 0.1) is 11.8 Å². The highest BCUT2D eigenvalue weighted by atomic mass is 32.2. The average Bonchev–Trinajstić information content (AvgIpc) is 3.15. The molecule has 2 heterocycles. The molecule has 1 saturated carbocycles. The van der Waals surface area contributed by atoms with Gasteiger partial charge >= 0.3 is 0 Å². The summed E-state index contributed by atoms with van der Waals surface area (Å²) in [5.74, 6) is 1.80. The molecule has 23 heavy (non-hydrogen) atoms. The maximum atomic E-state index is 12.5. The highest BCUT2D eigenvalue weighted by molar-refractivity contribution is 8.00. The predicted molar refractivity (Wildman–Crippen MR) is 93.2 cm³/mol. The van der Waals surface area contributed by atoms with Gasteiger partial charge in [-0.25, -0.2) is 4.98 Å². The molecule has 1 aliphatic carbocycles. The first-order valence-corrected chi connectivity index (χ1v) is 9.21. The molecule has 0 radical (unpaired) electrons. The Labute approximate surface area is 140 Å². The second kappa shape index (κ2) is 6.13. The van der Waals surface area contributed by atoms with Crippen molar-refractivity contribution in [2.75, 3.05) is 18.8 Å². The van der Waals surface area contributed by atoms with E-state index in [1.807, 2.05) is 29.3 Å². The molecular weight excluding hydrogens is 306 g/mol. The highest BCUT2D eigenvalue weighted by Gasteiger charge is 2.42. The molecule has 120 valence electrons. The molecule has 4 nitrogen and oxygen atoms in total. The maximum Gasteiger partial charge on any atom is 0.233 e. The Bertz CT molecular complexity index is 730. The molecule has 1 amide bonds. The fourth-order valence-corrected chi connectivity index (χ4v) is 4.86.